The Bertz CT molecular complexity index is 1390. The lowest BCUT2D eigenvalue weighted by Crippen LogP contribution is -2.09. The zero-order valence-corrected chi connectivity index (χ0v) is 19.4. The molecule has 31 heavy (non-hydrogen) atoms. The average molecular weight is 422 g/mol. The van der Waals surface area contributed by atoms with E-state index in [9.17, 15) is 0 Å². The summed E-state index contributed by atoms with van der Waals surface area (Å²) in [7, 11) is 0. The lowest BCUT2D eigenvalue weighted by Gasteiger charge is -2.18. The molecule has 5 rings (SSSR count). The first-order valence-corrected chi connectivity index (χ1v) is 11.7. The summed E-state index contributed by atoms with van der Waals surface area (Å²) >= 11 is 1.89. The van der Waals surface area contributed by atoms with Crippen LogP contribution < -0.4 is 0 Å². The van der Waals surface area contributed by atoms with Crippen molar-refractivity contribution in [1.29, 1.82) is 0 Å². The van der Waals surface area contributed by atoms with E-state index in [-0.39, 0.29) is 5.41 Å². The van der Waals surface area contributed by atoms with Gasteiger partial charge in [0.2, 0.25) is 0 Å². The first kappa shape index (κ1) is 20.0. The number of hydrogen-bond acceptors (Lipinski definition) is 2. The van der Waals surface area contributed by atoms with Gasteiger partial charge < -0.3 is 0 Å². The zero-order chi connectivity index (χ0) is 21.6. The van der Waals surface area contributed by atoms with Crippen LogP contribution in [0.15, 0.2) is 79.0 Å². The van der Waals surface area contributed by atoms with Crippen molar-refractivity contribution in [3.8, 4) is 22.4 Å². The van der Waals surface area contributed by atoms with Crippen molar-refractivity contribution < 1.29 is 0 Å². The Kier molecular flexibility index (Phi) is 4.91. The molecule has 2 heterocycles. The van der Waals surface area contributed by atoms with Crippen molar-refractivity contribution in [3.05, 3.63) is 90.1 Å². The molecular formula is C29H27NS. The number of aryl methyl sites for hydroxylation is 1. The van der Waals surface area contributed by atoms with Crippen molar-refractivity contribution in [2.45, 2.75) is 34.1 Å². The highest BCUT2D eigenvalue weighted by Crippen LogP contribution is 2.42. The Morgan fingerprint density at radius 2 is 1.61 bits per heavy atom. The fraction of sp³-hybridized carbons (Fsp3) is 0.207. The van der Waals surface area contributed by atoms with Crippen LogP contribution in [0.5, 0.6) is 0 Å². The molecule has 3 aromatic carbocycles. The third kappa shape index (κ3) is 4.00. The van der Waals surface area contributed by atoms with Gasteiger partial charge in [-0.25, -0.2) is 0 Å². The molecule has 2 aromatic heterocycles. The molecule has 0 aliphatic heterocycles. The van der Waals surface area contributed by atoms with Gasteiger partial charge in [0.1, 0.15) is 0 Å². The molecule has 0 radical (unpaired) electrons. The van der Waals surface area contributed by atoms with Crippen LogP contribution in [0.1, 0.15) is 31.9 Å². The molecule has 0 unspecified atom stereocenters. The molecular weight excluding hydrogens is 394 g/mol. The minimum atomic E-state index is 0.261. The van der Waals surface area contributed by atoms with Crippen LogP contribution >= 0.6 is 11.3 Å². The summed E-state index contributed by atoms with van der Waals surface area (Å²) in [4.78, 5) is 4.70. The number of fused-ring (bicyclic) bond motifs is 3. The average Bonchev–Trinajstić information content (AvgIpc) is 3.10. The van der Waals surface area contributed by atoms with Gasteiger partial charge >= 0.3 is 0 Å². The Labute approximate surface area is 188 Å². The lowest BCUT2D eigenvalue weighted by molar-refractivity contribution is 0.411. The molecule has 0 saturated heterocycles. The van der Waals surface area contributed by atoms with Gasteiger partial charge in [0, 0.05) is 31.9 Å². The molecule has 0 spiro atoms. The summed E-state index contributed by atoms with van der Waals surface area (Å²) in [5, 5.41) is 2.66. The van der Waals surface area contributed by atoms with Crippen LogP contribution in [-0.2, 0) is 6.42 Å². The minimum Gasteiger partial charge on any atom is -0.256 e. The van der Waals surface area contributed by atoms with Crippen molar-refractivity contribution in [2.24, 2.45) is 5.41 Å². The van der Waals surface area contributed by atoms with Gasteiger partial charge in [0.05, 0.1) is 5.69 Å². The molecule has 0 aliphatic carbocycles. The number of nitrogens with zero attached hydrogens (tertiary/aromatic N) is 1. The predicted octanol–water partition coefficient (Wildman–Crippen LogP) is 8.68. The van der Waals surface area contributed by atoms with Crippen LogP contribution in [0, 0.1) is 12.3 Å². The Morgan fingerprint density at radius 1 is 0.806 bits per heavy atom. The molecule has 1 nitrogen and oxygen atoms in total. The van der Waals surface area contributed by atoms with E-state index < -0.39 is 0 Å². The summed E-state index contributed by atoms with van der Waals surface area (Å²) in [5.41, 5.74) is 7.74. The molecule has 0 aliphatic rings. The van der Waals surface area contributed by atoms with Crippen LogP contribution in [0.3, 0.4) is 0 Å². The third-order valence-corrected chi connectivity index (χ3v) is 6.87. The van der Waals surface area contributed by atoms with Gasteiger partial charge in [-0.2, -0.15) is 0 Å². The second-order valence-electron chi connectivity index (χ2n) is 9.65. The molecule has 5 aromatic rings. The highest BCUT2D eigenvalue weighted by Gasteiger charge is 2.14. The molecule has 0 N–H and O–H groups in total. The van der Waals surface area contributed by atoms with E-state index >= 15 is 0 Å². The molecule has 0 atom stereocenters. The van der Waals surface area contributed by atoms with Crippen LogP contribution in [0.4, 0.5) is 0 Å². The first-order chi connectivity index (χ1) is 14.9. The van der Waals surface area contributed by atoms with Gasteiger partial charge in [-0.1, -0.05) is 57.2 Å². The highest BCUT2D eigenvalue weighted by molar-refractivity contribution is 7.26. The number of benzene rings is 3. The maximum atomic E-state index is 4.70. The Hall–Kier alpha value is -2.97. The number of aromatic nitrogens is 1. The monoisotopic (exact) mass is 421 g/mol. The second kappa shape index (κ2) is 7.62. The van der Waals surface area contributed by atoms with E-state index in [0.29, 0.717) is 0 Å². The maximum Gasteiger partial charge on any atom is 0.0704 e. The molecule has 0 saturated carbocycles. The number of hydrogen-bond donors (Lipinski definition) is 0. The number of pyridine rings is 1. The Morgan fingerprint density at radius 3 is 2.39 bits per heavy atom. The summed E-state index contributed by atoms with van der Waals surface area (Å²) in [6, 6.07) is 26.6. The standard InChI is InChI=1S/C29H27NS/c1-19-14-23(21-8-6-5-7-9-21)28-25(15-19)24-17-22(10-11-27(24)31-28)26-16-20(12-13-30-26)18-29(2,3)4/h5-17H,18H2,1-4H3. The van der Waals surface area contributed by atoms with Crippen molar-refractivity contribution in [1.82, 2.24) is 4.98 Å². The molecule has 154 valence electrons. The molecule has 0 amide bonds. The van der Waals surface area contributed by atoms with Gasteiger partial charge in [-0.05, 0) is 77.4 Å². The number of thiophene rings is 1. The molecule has 2 heteroatoms. The lowest BCUT2D eigenvalue weighted by atomic mass is 9.88. The van der Waals surface area contributed by atoms with E-state index in [0.717, 1.165) is 12.1 Å². The smallest absolute Gasteiger partial charge is 0.0704 e. The minimum absolute atomic E-state index is 0.261. The van der Waals surface area contributed by atoms with Crippen LogP contribution in [0.2, 0.25) is 0 Å². The normalized spacial score (nSPS) is 12.0. The summed E-state index contributed by atoms with van der Waals surface area (Å²) in [5.74, 6) is 0. The SMILES string of the molecule is Cc1cc(-c2ccccc2)c2sc3ccc(-c4cc(CC(C)(C)C)ccn4)cc3c2c1. The van der Waals surface area contributed by atoms with Crippen molar-refractivity contribution in [3.63, 3.8) is 0 Å². The third-order valence-electron chi connectivity index (χ3n) is 5.65. The fourth-order valence-corrected chi connectivity index (χ4v) is 5.57. The van der Waals surface area contributed by atoms with E-state index in [1.54, 1.807) is 0 Å². The van der Waals surface area contributed by atoms with Crippen LogP contribution in [-0.4, -0.2) is 4.98 Å². The summed E-state index contributed by atoms with van der Waals surface area (Å²) < 4.78 is 2.69. The Balaban J connectivity index is 1.66. The molecule has 0 bridgehead atoms. The van der Waals surface area contributed by atoms with E-state index in [2.05, 4.69) is 100 Å². The number of rotatable bonds is 3. The zero-order valence-electron chi connectivity index (χ0n) is 18.6. The van der Waals surface area contributed by atoms with Crippen LogP contribution in [0.25, 0.3) is 42.6 Å². The molecule has 0 fully saturated rings. The highest BCUT2D eigenvalue weighted by atomic mass is 32.1. The van der Waals surface area contributed by atoms with Crippen molar-refractivity contribution >= 4 is 31.5 Å². The van der Waals surface area contributed by atoms with Gasteiger partial charge in [0.15, 0.2) is 0 Å². The fourth-order valence-electron chi connectivity index (χ4n) is 4.37. The first-order valence-electron chi connectivity index (χ1n) is 10.8. The maximum absolute atomic E-state index is 4.70. The van der Waals surface area contributed by atoms with E-state index in [1.807, 2.05) is 17.5 Å². The topological polar surface area (TPSA) is 12.9 Å². The van der Waals surface area contributed by atoms with Gasteiger partial charge in [-0.15, -0.1) is 11.3 Å². The quantitative estimate of drug-likeness (QED) is 0.284. The second-order valence-corrected chi connectivity index (χ2v) is 10.7. The predicted molar refractivity (Wildman–Crippen MR) is 136 cm³/mol. The van der Waals surface area contributed by atoms with Gasteiger partial charge in [-0.3, -0.25) is 4.98 Å². The summed E-state index contributed by atoms with van der Waals surface area (Å²) in [6.45, 7) is 9.03. The van der Waals surface area contributed by atoms with Crippen molar-refractivity contribution in [2.75, 3.05) is 0 Å². The summed E-state index contributed by atoms with van der Waals surface area (Å²) in [6.07, 6.45) is 3.00. The van der Waals surface area contributed by atoms with E-state index in [1.165, 1.54) is 48.0 Å². The van der Waals surface area contributed by atoms with Gasteiger partial charge in [0.25, 0.3) is 0 Å². The largest absolute Gasteiger partial charge is 0.256 e. The van der Waals surface area contributed by atoms with E-state index in [4.69, 9.17) is 4.98 Å².